The molecule has 4 rings (SSSR count). The third-order valence-electron chi connectivity index (χ3n) is 5.22. The van der Waals surface area contributed by atoms with Gasteiger partial charge in [0.25, 0.3) is 0 Å². The number of nitrogens with one attached hydrogen (secondary N) is 1. The number of aryl methyl sites for hydroxylation is 2. The molecule has 2 aromatic rings. The molecule has 5 heteroatoms. The number of guanidine groups is 1. The van der Waals surface area contributed by atoms with E-state index < -0.39 is 0 Å². The molecular formula is C21H26N4O. The van der Waals surface area contributed by atoms with Gasteiger partial charge in [0, 0.05) is 17.4 Å². The van der Waals surface area contributed by atoms with Crippen LogP contribution in [0.1, 0.15) is 48.8 Å². The van der Waals surface area contributed by atoms with Gasteiger partial charge >= 0.3 is 0 Å². The number of aliphatic imine (C=N–C) groups is 1. The molecule has 1 saturated carbocycles. The largest absolute Gasteiger partial charge is 0.474 e. The highest BCUT2D eigenvalue weighted by Gasteiger charge is 2.18. The van der Waals surface area contributed by atoms with Crippen LogP contribution in [-0.2, 0) is 19.4 Å². The fourth-order valence-electron chi connectivity index (χ4n) is 3.82. The zero-order valence-corrected chi connectivity index (χ0v) is 15.1. The quantitative estimate of drug-likeness (QED) is 0.635. The summed E-state index contributed by atoms with van der Waals surface area (Å²) in [5, 5.41) is 3.20. The molecule has 1 heterocycles. The van der Waals surface area contributed by atoms with Gasteiger partial charge in [-0.2, -0.15) is 0 Å². The molecule has 2 aliphatic carbocycles. The molecule has 0 bridgehead atoms. The van der Waals surface area contributed by atoms with E-state index in [1.165, 1.54) is 36.8 Å². The van der Waals surface area contributed by atoms with Crippen molar-refractivity contribution in [1.29, 1.82) is 0 Å². The average molecular weight is 350 g/mol. The molecular weight excluding hydrogens is 324 g/mol. The molecule has 0 saturated heterocycles. The van der Waals surface area contributed by atoms with Crippen LogP contribution in [0.4, 0.5) is 5.69 Å². The lowest BCUT2D eigenvalue weighted by atomic mass is 10.1. The highest BCUT2D eigenvalue weighted by Crippen LogP contribution is 2.26. The minimum absolute atomic E-state index is 0.287. The number of fused-ring (bicyclic) bond motifs is 1. The van der Waals surface area contributed by atoms with E-state index in [1.54, 1.807) is 6.20 Å². The van der Waals surface area contributed by atoms with Crippen molar-refractivity contribution in [1.82, 2.24) is 4.98 Å². The van der Waals surface area contributed by atoms with E-state index in [9.17, 15) is 0 Å². The predicted molar refractivity (Wildman–Crippen MR) is 105 cm³/mol. The zero-order valence-electron chi connectivity index (χ0n) is 15.1. The lowest BCUT2D eigenvalue weighted by Gasteiger charge is -2.14. The third-order valence-corrected chi connectivity index (χ3v) is 5.22. The van der Waals surface area contributed by atoms with Gasteiger partial charge in [-0.1, -0.05) is 12.1 Å². The van der Waals surface area contributed by atoms with Crippen LogP contribution >= 0.6 is 0 Å². The van der Waals surface area contributed by atoms with Gasteiger partial charge in [-0.3, -0.25) is 0 Å². The molecule has 0 amide bonds. The first kappa shape index (κ1) is 16.9. The van der Waals surface area contributed by atoms with Gasteiger partial charge in [-0.15, -0.1) is 0 Å². The number of ether oxygens (including phenoxy) is 1. The number of anilines is 1. The molecule has 136 valence electrons. The Kier molecular flexibility index (Phi) is 5.04. The third kappa shape index (κ3) is 3.98. The second-order valence-electron chi connectivity index (χ2n) is 7.16. The Morgan fingerprint density at radius 1 is 1.15 bits per heavy atom. The van der Waals surface area contributed by atoms with Crippen molar-refractivity contribution in [3.63, 3.8) is 0 Å². The Hall–Kier alpha value is -2.56. The summed E-state index contributed by atoms with van der Waals surface area (Å²) in [5.74, 6) is 1.10. The van der Waals surface area contributed by atoms with Crippen molar-refractivity contribution in [3.05, 3.63) is 53.2 Å². The second-order valence-corrected chi connectivity index (χ2v) is 7.16. The second kappa shape index (κ2) is 7.77. The van der Waals surface area contributed by atoms with Gasteiger partial charge in [-0.25, -0.2) is 9.98 Å². The number of hydrogen-bond donors (Lipinski definition) is 2. The van der Waals surface area contributed by atoms with Crippen LogP contribution in [0.3, 0.4) is 0 Å². The van der Waals surface area contributed by atoms with E-state index in [-0.39, 0.29) is 6.10 Å². The Morgan fingerprint density at radius 2 is 2.00 bits per heavy atom. The van der Waals surface area contributed by atoms with Crippen LogP contribution in [0.5, 0.6) is 5.88 Å². The normalized spacial score (nSPS) is 17.3. The number of nitrogens with zero attached hydrogens (tertiary/aromatic N) is 2. The predicted octanol–water partition coefficient (Wildman–Crippen LogP) is 3.82. The summed E-state index contributed by atoms with van der Waals surface area (Å²) < 4.78 is 6.07. The number of pyridine rings is 1. The molecule has 0 atom stereocenters. The fourth-order valence-corrected chi connectivity index (χ4v) is 3.82. The maximum atomic E-state index is 6.09. The lowest BCUT2D eigenvalue weighted by molar-refractivity contribution is 0.199. The first-order valence-corrected chi connectivity index (χ1v) is 9.57. The SMILES string of the molecule is NC(=NCc1cccnc1OC1CCCC1)Nc1ccc2c(c1)CCC2. The molecule has 1 aromatic heterocycles. The summed E-state index contributed by atoms with van der Waals surface area (Å²) >= 11 is 0. The van der Waals surface area contributed by atoms with Gasteiger partial charge in [0.15, 0.2) is 5.96 Å². The summed E-state index contributed by atoms with van der Waals surface area (Å²) in [6.07, 6.45) is 10.3. The summed E-state index contributed by atoms with van der Waals surface area (Å²) in [6, 6.07) is 10.4. The summed E-state index contributed by atoms with van der Waals surface area (Å²) in [6.45, 7) is 0.458. The van der Waals surface area contributed by atoms with Crippen LogP contribution < -0.4 is 15.8 Å². The van der Waals surface area contributed by atoms with Gasteiger partial charge < -0.3 is 15.8 Å². The zero-order chi connectivity index (χ0) is 17.8. The molecule has 1 fully saturated rings. The van der Waals surface area contributed by atoms with E-state index >= 15 is 0 Å². The van der Waals surface area contributed by atoms with Crippen molar-refractivity contribution in [2.24, 2.45) is 10.7 Å². The molecule has 2 aliphatic rings. The number of aromatic nitrogens is 1. The van der Waals surface area contributed by atoms with Crippen molar-refractivity contribution in [3.8, 4) is 5.88 Å². The van der Waals surface area contributed by atoms with Crippen LogP contribution in [-0.4, -0.2) is 17.0 Å². The topological polar surface area (TPSA) is 72.5 Å². The number of rotatable bonds is 5. The van der Waals surface area contributed by atoms with Gasteiger partial charge in [0.2, 0.25) is 5.88 Å². The summed E-state index contributed by atoms with van der Waals surface area (Å²) in [4.78, 5) is 8.87. The molecule has 0 aliphatic heterocycles. The summed E-state index contributed by atoms with van der Waals surface area (Å²) in [5.41, 5.74) is 10.9. The molecule has 0 unspecified atom stereocenters. The Balaban J connectivity index is 1.41. The standard InChI is InChI=1S/C21H26N4O/c22-21(25-18-11-10-15-5-3-6-16(15)13-18)24-14-17-7-4-12-23-20(17)26-19-8-1-2-9-19/h4,7,10-13,19H,1-3,5-6,8-9,14H2,(H3,22,24,25). The van der Waals surface area contributed by atoms with Gasteiger partial charge in [0.05, 0.1) is 6.54 Å². The van der Waals surface area contributed by atoms with Crippen molar-refractivity contribution < 1.29 is 4.74 Å². The van der Waals surface area contributed by atoms with E-state index in [0.717, 1.165) is 30.5 Å². The molecule has 5 nitrogen and oxygen atoms in total. The van der Waals surface area contributed by atoms with E-state index in [4.69, 9.17) is 10.5 Å². The minimum Gasteiger partial charge on any atom is -0.474 e. The molecule has 26 heavy (non-hydrogen) atoms. The van der Waals surface area contributed by atoms with Crippen LogP contribution in [0.2, 0.25) is 0 Å². The van der Waals surface area contributed by atoms with E-state index in [2.05, 4.69) is 33.5 Å². The van der Waals surface area contributed by atoms with Crippen LogP contribution in [0.25, 0.3) is 0 Å². The smallest absolute Gasteiger partial charge is 0.218 e. The highest BCUT2D eigenvalue weighted by atomic mass is 16.5. The fraction of sp³-hybridized carbons (Fsp3) is 0.429. The first-order valence-electron chi connectivity index (χ1n) is 9.57. The molecule has 0 spiro atoms. The van der Waals surface area contributed by atoms with E-state index in [1.807, 2.05) is 12.1 Å². The van der Waals surface area contributed by atoms with Crippen LogP contribution in [0, 0.1) is 0 Å². The Labute approximate surface area is 154 Å². The average Bonchev–Trinajstić information content (AvgIpc) is 3.32. The Morgan fingerprint density at radius 3 is 2.88 bits per heavy atom. The van der Waals surface area contributed by atoms with Crippen molar-refractivity contribution in [2.45, 2.75) is 57.6 Å². The highest BCUT2D eigenvalue weighted by molar-refractivity contribution is 5.92. The first-order chi connectivity index (χ1) is 12.8. The molecule has 3 N–H and O–H groups in total. The molecule has 1 aromatic carbocycles. The molecule has 0 radical (unpaired) electrons. The number of nitrogens with two attached hydrogens (primary N) is 1. The monoisotopic (exact) mass is 350 g/mol. The maximum absolute atomic E-state index is 6.09. The minimum atomic E-state index is 0.287. The van der Waals surface area contributed by atoms with Crippen molar-refractivity contribution >= 4 is 11.6 Å². The van der Waals surface area contributed by atoms with Gasteiger partial charge in [0.1, 0.15) is 6.10 Å². The van der Waals surface area contributed by atoms with Gasteiger partial charge in [-0.05, 0) is 74.3 Å². The number of hydrogen-bond acceptors (Lipinski definition) is 3. The maximum Gasteiger partial charge on any atom is 0.218 e. The Bertz CT molecular complexity index is 796. The lowest BCUT2D eigenvalue weighted by Crippen LogP contribution is -2.22. The summed E-state index contributed by atoms with van der Waals surface area (Å²) in [7, 11) is 0. The number of benzene rings is 1. The van der Waals surface area contributed by atoms with Crippen molar-refractivity contribution in [2.75, 3.05) is 5.32 Å². The van der Waals surface area contributed by atoms with Crippen LogP contribution in [0.15, 0.2) is 41.5 Å². The van der Waals surface area contributed by atoms with E-state index in [0.29, 0.717) is 18.4 Å².